The smallest absolute Gasteiger partial charge is 0.339 e. The quantitative estimate of drug-likeness (QED) is 0.314. The number of nitrogens with zero attached hydrogens (tertiary/aromatic N) is 2. The molecular formula is C24H22N4O6. The summed E-state index contributed by atoms with van der Waals surface area (Å²) in [5.41, 5.74) is 5.00. The molecular weight excluding hydrogens is 440 g/mol. The number of pyridine rings is 1. The van der Waals surface area contributed by atoms with E-state index in [9.17, 15) is 19.2 Å². The molecule has 3 aromatic heterocycles. The Morgan fingerprint density at radius 3 is 2.65 bits per heavy atom. The van der Waals surface area contributed by atoms with E-state index in [1.807, 2.05) is 6.92 Å². The predicted molar refractivity (Wildman–Crippen MR) is 125 cm³/mol. The maximum absolute atomic E-state index is 13.0. The standard InChI is InChI=1S/C24H22N4O6/c1-3-10-28-21(25)20(22(30)27-24(28)32)18(29)12-33-23(31)15-11-17(19-9-8-13(2)34-19)26-16-7-5-4-6-14(15)16/h4-9,11H,3,10,12,25H2,1-2H3,(H,27,30,32). The van der Waals surface area contributed by atoms with Crippen LogP contribution in [0.2, 0.25) is 0 Å². The number of nitrogen functional groups attached to an aromatic ring is 1. The molecule has 0 amide bonds. The number of esters is 1. The maximum Gasteiger partial charge on any atom is 0.339 e. The lowest BCUT2D eigenvalue weighted by Crippen LogP contribution is -2.37. The summed E-state index contributed by atoms with van der Waals surface area (Å²) >= 11 is 0. The molecule has 3 N–H and O–H groups in total. The molecule has 0 bridgehead atoms. The van der Waals surface area contributed by atoms with Crippen molar-refractivity contribution < 1.29 is 18.7 Å². The zero-order valence-corrected chi connectivity index (χ0v) is 18.6. The molecule has 174 valence electrons. The van der Waals surface area contributed by atoms with Crippen molar-refractivity contribution in [1.82, 2.24) is 14.5 Å². The first-order chi connectivity index (χ1) is 16.3. The number of carbonyl (C=O) groups excluding carboxylic acids is 2. The van der Waals surface area contributed by atoms with Crippen molar-refractivity contribution >= 4 is 28.5 Å². The highest BCUT2D eigenvalue weighted by atomic mass is 16.5. The molecule has 10 nitrogen and oxygen atoms in total. The van der Waals surface area contributed by atoms with Crippen molar-refractivity contribution in [3.05, 3.63) is 80.2 Å². The van der Waals surface area contributed by atoms with Crippen LogP contribution in [0.1, 0.15) is 39.8 Å². The monoisotopic (exact) mass is 462 g/mol. The van der Waals surface area contributed by atoms with Crippen LogP contribution in [0, 0.1) is 6.92 Å². The first-order valence-electron chi connectivity index (χ1n) is 10.6. The van der Waals surface area contributed by atoms with Crippen LogP contribution in [0.3, 0.4) is 0 Å². The maximum atomic E-state index is 13.0. The predicted octanol–water partition coefficient (Wildman–Crippen LogP) is 2.69. The highest BCUT2D eigenvalue weighted by Gasteiger charge is 2.22. The van der Waals surface area contributed by atoms with Crippen molar-refractivity contribution in [2.45, 2.75) is 26.8 Å². The third kappa shape index (κ3) is 4.25. The number of Topliss-reactive ketones (excluding diaryl/α,β-unsaturated/α-hetero) is 1. The summed E-state index contributed by atoms with van der Waals surface area (Å²) in [6.07, 6.45) is 0.561. The van der Waals surface area contributed by atoms with Gasteiger partial charge >= 0.3 is 11.7 Å². The van der Waals surface area contributed by atoms with Gasteiger partial charge in [-0.15, -0.1) is 0 Å². The van der Waals surface area contributed by atoms with Crippen LogP contribution in [0.25, 0.3) is 22.4 Å². The Morgan fingerprint density at radius 2 is 1.94 bits per heavy atom. The van der Waals surface area contributed by atoms with Gasteiger partial charge in [0, 0.05) is 11.9 Å². The number of hydrogen-bond donors (Lipinski definition) is 2. The summed E-state index contributed by atoms with van der Waals surface area (Å²) in [4.78, 5) is 56.5. The van der Waals surface area contributed by atoms with Gasteiger partial charge in [-0.25, -0.2) is 14.6 Å². The Morgan fingerprint density at radius 1 is 1.18 bits per heavy atom. The third-order valence-electron chi connectivity index (χ3n) is 5.23. The van der Waals surface area contributed by atoms with Crippen molar-refractivity contribution in [3.63, 3.8) is 0 Å². The summed E-state index contributed by atoms with van der Waals surface area (Å²) in [5.74, 6) is -0.704. The molecule has 4 aromatic rings. The van der Waals surface area contributed by atoms with Crippen LogP contribution in [0.15, 0.2) is 56.5 Å². The Balaban J connectivity index is 1.65. The number of ketones is 1. The van der Waals surface area contributed by atoms with Gasteiger partial charge in [0.25, 0.3) is 5.56 Å². The van der Waals surface area contributed by atoms with Gasteiger partial charge in [0.2, 0.25) is 5.78 Å². The van der Waals surface area contributed by atoms with Crippen LogP contribution >= 0.6 is 0 Å². The molecule has 0 unspecified atom stereocenters. The number of hydrogen-bond acceptors (Lipinski definition) is 8. The number of aromatic nitrogens is 3. The average Bonchev–Trinajstić information content (AvgIpc) is 3.25. The van der Waals surface area contributed by atoms with E-state index in [2.05, 4.69) is 9.97 Å². The molecule has 0 fully saturated rings. The molecule has 0 aliphatic heterocycles. The minimum absolute atomic E-state index is 0.181. The molecule has 0 saturated carbocycles. The highest BCUT2D eigenvalue weighted by molar-refractivity contribution is 6.06. The number of rotatable bonds is 7. The molecule has 0 saturated heterocycles. The number of H-pyrrole nitrogens is 1. The zero-order valence-electron chi connectivity index (χ0n) is 18.6. The molecule has 10 heteroatoms. The Kier molecular flexibility index (Phi) is 6.13. The van der Waals surface area contributed by atoms with E-state index in [-0.39, 0.29) is 17.9 Å². The second kappa shape index (κ2) is 9.18. The van der Waals surface area contributed by atoms with Crippen molar-refractivity contribution in [2.75, 3.05) is 12.3 Å². The summed E-state index contributed by atoms with van der Waals surface area (Å²) in [6.45, 7) is 3.10. The number of aromatic amines is 1. The van der Waals surface area contributed by atoms with Crippen molar-refractivity contribution in [1.29, 1.82) is 0 Å². The minimum atomic E-state index is -0.930. The van der Waals surface area contributed by atoms with Crippen LogP contribution in [-0.4, -0.2) is 32.9 Å². The number of nitrogens with one attached hydrogen (secondary N) is 1. The van der Waals surface area contributed by atoms with Gasteiger partial charge in [-0.2, -0.15) is 0 Å². The van der Waals surface area contributed by atoms with Gasteiger partial charge in [-0.1, -0.05) is 25.1 Å². The summed E-state index contributed by atoms with van der Waals surface area (Å²) < 4.78 is 12.0. The molecule has 3 heterocycles. The second-order valence-electron chi connectivity index (χ2n) is 7.65. The van der Waals surface area contributed by atoms with E-state index in [0.717, 1.165) is 4.57 Å². The second-order valence-corrected chi connectivity index (χ2v) is 7.65. The van der Waals surface area contributed by atoms with E-state index in [0.29, 0.717) is 34.5 Å². The lowest BCUT2D eigenvalue weighted by Gasteiger charge is -2.12. The van der Waals surface area contributed by atoms with Gasteiger partial charge in [0.05, 0.1) is 11.1 Å². The zero-order chi connectivity index (χ0) is 24.4. The van der Waals surface area contributed by atoms with E-state index in [1.165, 1.54) is 6.07 Å². The SMILES string of the molecule is CCCn1c(N)c(C(=O)COC(=O)c2cc(-c3ccc(C)o3)nc3ccccc23)c(=O)[nH]c1=O. The number of nitrogens with two attached hydrogens (primary N) is 1. The van der Waals surface area contributed by atoms with Gasteiger partial charge < -0.3 is 14.9 Å². The number of ether oxygens (including phenoxy) is 1. The van der Waals surface area contributed by atoms with E-state index in [4.69, 9.17) is 14.9 Å². The van der Waals surface area contributed by atoms with Crippen LogP contribution in [-0.2, 0) is 11.3 Å². The molecule has 0 atom stereocenters. The number of carbonyl (C=O) groups is 2. The third-order valence-corrected chi connectivity index (χ3v) is 5.23. The fourth-order valence-electron chi connectivity index (χ4n) is 3.63. The number of aryl methyl sites for hydroxylation is 1. The molecule has 0 aliphatic carbocycles. The topological polar surface area (TPSA) is 150 Å². The summed E-state index contributed by atoms with van der Waals surface area (Å²) in [5, 5.41) is 0.529. The highest BCUT2D eigenvalue weighted by Crippen LogP contribution is 2.26. The molecule has 0 spiro atoms. The fraction of sp³-hybridized carbons (Fsp3) is 0.208. The number of fused-ring (bicyclic) bond motifs is 1. The molecule has 0 aliphatic rings. The Hall–Kier alpha value is -4.47. The Bertz CT molecular complexity index is 1530. The largest absolute Gasteiger partial charge is 0.460 e. The summed E-state index contributed by atoms with van der Waals surface area (Å²) in [7, 11) is 0. The molecule has 34 heavy (non-hydrogen) atoms. The number of anilines is 1. The van der Waals surface area contributed by atoms with E-state index in [1.54, 1.807) is 43.3 Å². The summed E-state index contributed by atoms with van der Waals surface area (Å²) in [6, 6.07) is 12.0. The van der Waals surface area contributed by atoms with Crippen LogP contribution < -0.4 is 17.0 Å². The molecule has 0 radical (unpaired) electrons. The van der Waals surface area contributed by atoms with Crippen LogP contribution in [0.5, 0.6) is 0 Å². The van der Waals surface area contributed by atoms with Gasteiger partial charge in [-0.3, -0.25) is 19.1 Å². The van der Waals surface area contributed by atoms with Gasteiger partial charge in [0.1, 0.15) is 22.8 Å². The van der Waals surface area contributed by atoms with Gasteiger partial charge in [0.15, 0.2) is 12.4 Å². The van der Waals surface area contributed by atoms with Crippen molar-refractivity contribution in [3.8, 4) is 11.5 Å². The normalized spacial score (nSPS) is 11.0. The first kappa shape index (κ1) is 22.7. The fourth-order valence-corrected chi connectivity index (χ4v) is 3.63. The molecule has 1 aromatic carbocycles. The minimum Gasteiger partial charge on any atom is -0.460 e. The van der Waals surface area contributed by atoms with Crippen molar-refractivity contribution in [2.24, 2.45) is 0 Å². The lowest BCUT2D eigenvalue weighted by molar-refractivity contribution is 0.0476. The Labute approximate surface area is 193 Å². The first-order valence-corrected chi connectivity index (χ1v) is 10.6. The number of para-hydroxylation sites is 1. The van der Waals surface area contributed by atoms with E-state index >= 15 is 0 Å². The van der Waals surface area contributed by atoms with E-state index < -0.39 is 35.2 Å². The molecule has 4 rings (SSSR count). The number of benzene rings is 1. The number of furan rings is 1. The van der Waals surface area contributed by atoms with Gasteiger partial charge in [-0.05, 0) is 37.6 Å². The average molecular weight is 462 g/mol. The lowest BCUT2D eigenvalue weighted by atomic mass is 10.1. The van der Waals surface area contributed by atoms with Crippen LogP contribution in [0.4, 0.5) is 5.82 Å².